The highest BCUT2D eigenvalue weighted by atomic mass is 16.5. The predicted octanol–water partition coefficient (Wildman–Crippen LogP) is 3.74. The summed E-state index contributed by atoms with van der Waals surface area (Å²) in [6.45, 7) is 6.25. The third-order valence-corrected chi connectivity index (χ3v) is 5.95. The minimum Gasteiger partial charge on any atom is -0.478 e. The molecule has 2 aromatic carbocycles. The number of rotatable bonds is 9. The number of esters is 1. The second kappa shape index (κ2) is 14.5. The van der Waals surface area contributed by atoms with E-state index in [1.807, 2.05) is 62.4 Å². The number of likely N-dealkylation sites (tertiary alicyclic amines) is 1. The number of piperidine rings is 1. The number of hydrogen-bond acceptors (Lipinski definition) is 6. The van der Waals surface area contributed by atoms with Crippen LogP contribution in [-0.4, -0.2) is 64.2 Å². The monoisotopic (exact) mass is 510 g/mol. The van der Waals surface area contributed by atoms with Gasteiger partial charge < -0.3 is 14.9 Å². The summed E-state index contributed by atoms with van der Waals surface area (Å²) >= 11 is 0. The SMILES string of the molecule is CCOC(=O)C1(N(C(=O)CC)c2ccccc2)CCN(Cc2ccccc2)CC1.O=C(O)/C=C\C(=O)O. The molecule has 37 heavy (non-hydrogen) atoms. The Balaban J connectivity index is 0.000000521. The Morgan fingerprint density at radius 3 is 1.86 bits per heavy atom. The molecular formula is C28H34N2O7. The molecule has 1 amide bonds. The summed E-state index contributed by atoms with van der Waals surface area (Å²) in [5.41, 5.74) is 1.04. The van der Waals surface area contributed by atoms with E-state index in [0.717, 1.165) is 25.3 Å². The van der Waals surface area contributed by atoms with E-state index in [1.165, 1.54) is 5.56 Å². The van der Waals surface area contributed by atoms with Crippen LogP contribution in [0.4, 0.5) is 5.69 Å². The Kier molecular flexibility index (Phi) is 11.5. The highest BCUT2D eigenvalue weighted by molar-refractivity contribution is 6.02. The maximum atomic E-state index is 13.2. The molecule has 1 heterocycles. The van der Waals surface area contributed by atoms with Crippen molar-refractivity contribution >= 4 is 29.5 Å². The number of carboxylic acids is 2. The molecule has 0 bridgehead atoms. The number of anilines is 1. The van der Waals surface area contributed by atoms with Crippen LogP contribution in [-0.2, 0) is 30.5 Å². The molecular weight excluding hydrogens is 476 g/mol. The van der Waals surface area contributed by atoms with Crippen LogP contribution < -0.4 is 4.90 Å². The van der Waals surface area contributed by atoms with Crippen LogP contribution >= 0.6 is 0 Å². The summed E-state index contributed by atoms with van der Waals surface area (Å²) in [5.74, 6) is -2.87. The quantitative estimate of drug-likeness (QED) is 0.386. The number of para-hydroxylation sites is 1. The van der Waals surface area contributed by atoms with Gasteiger partial charge in [-0.15, -0.1) is 0 Å². The number of amides is 1. The van der Waals surface area contributed by atoms with Crippen molar-refractivity contribution in [1.82, 2.24) is 4.90 Å². The zero-order valence-electron chi connectivity index (χ0n) is 21.2. The van der Waals surface area contributed by atoms with E-state index in [0.29, 0.717) is 38.0 Å². The Labute approximate surface area is 217 Å². The highest BCUT2D eigenvalue weighted by Crippen LogP contribution is 2.35. The number of carboxylic acid groups (broad SMARTS) is 2. The molecule has 0 radical (unpaired) electrons. The van der Waals surface area contributed by atoms with Gasteiger partial charge in [-0.2, -0.15) is 0 Å². The van der Waals surface area contributed by atoms with Crippen molar-refractivity contribution in [3.8, 4) is 0 Å². The second-order valence-corrected chi connectivity index (χ2v) is 8.44. The van der Waals surface area contributed by atoms with Crippen molar-refractivity contribution in [3.63, 3.8) is 0 Å². The van der Waals surface area contributed by atoms with Crippen molar-refractivity contribution in [2.75, 3.05) is 24.6 Å². The van der Waals surface area contributed by atoms with Crippen molar-refractivity contribution < 1.29 is 34.1 Å². The maximum absolute atomic E-state index is 13.2. The van der Waals surface area contributed by atoms with Gasteiger partial charge >= 0.3 is 17.9 Å². The number of nitrogens with zero attached hydrogens (tertiary/aromatic N) is 2. The van der Waals surface area contributed by atoms with Gasteiger partial charge in [0.15, 0.2) is 0 Å². The fourth-order valence-electron chi connectivity index (χ4n) is 4.21. The van der Waals surface area contributed by atoms with E-state index in [-0.39, 0.29) is 11.9 Å². The second-order valence-electron chi connectivity index (χ2n) is 8.44. The number of aliphatic carboxylic acids is 2. The number of carbonyl (C=O) groups excluding carboxylic acids is 2. The van der Waals surface area contributed by atoms with Crippen LogP contribution in [0.25, 0.3) is 0 Å². The zero-order chi connectivity index (χ0) is 27.3. The van der Waals surface area contributed by atoms with E-state index < -0.39 is 17.5 Å². The maximum Gasteiger partial charge on any atom is 0.332 e. The number of benzene rings is 2. The van der Waals surface area contributed by atoms with Gasteiger partial charge in [0.2, 0.25) is 5.91 Å². The lowest BCUT2D eigenvalue weighted by atomic mass is 9.84. The summed E-state index contributed by atoms with van der Waals surface area (Å²) in [7, 11) is 0. The summed E-state index contributed by atoms with van der Waals surface area (Å²) < 4.78 is 5.48. The smallest absolute Gasteiger partial charge is 0.332 e. The van der Waals surface area contributed by atoms with E-state index in [1.54, 1.807) is 4.90 Å². The van der Waals surface area contributed by atoms with Crippen molar-refractivity contribution in [2.45, 2.75) is 45.2 Å². The van der Waals surface area contributed by atoms with E-state index >= 15 is 0 Å². The molecule has 0 atom stereocenters. The van der Waals surface area contributed by atoms with Gasteiger partial charge in [0.25, 0.3) is 0 Å². The lowest BCUT2D eigenvalue weighted by molar-refractivity contribution is -0.153. The Hall–Kier alpha value is -3.98. The standard InChI is InChI=1S/C24H30N2O3.C4H4O4/c1-3-22(27)26(21-13-9-6-10-14-21)24(23(28)29-4-2)15-17-25(18-16-24)19-20-11-7-5-8-12-20;5-3(6)1-2-4(7)8/h5-14H,3-4,15-19H2,1-2H3;1-2H,(H,5,6)(H,7,8)/b;2-1-. The summed E-state index contributed by atoms with van der Waals surface area (Å²) in [5, 5.41) is 15.6. The zero-order valence-corrected chi connectivity index (χ0v) is 21.2. The molecule has 9 heteroatoms. The molecule has 0 aromatic heterocycles. The number of carbonyl (C=O) groups is 4. The Morgan fingerprint density at radius 1 is 0.892 bits per heavy atom. The molecule has 1 aliphatic heterocycles. The molecule has 9 nitrogen and oxygen atoms in total. The first-order valence-electron chi connectivity index (χ1n) is 12.2. The molecule has 2 N–H and O–H groups in total. The van der Waals surface area contributed by atoms with Crippen molar-refractivity contribution in [3.05, 3.63) is 78.4 Å². The topological polar surface area (TPSA) is 124 Å². The Bertz CT molecular complexity index is 1050. The largest absolute Gasteiger partial charge is 0.478 e. The van der Waals surface area contributed by atoms with Crippen LogP contribution in [0.15, 0.2) is 72.8 Å². The first-order valence-corrected chi connectivity index (χ1v) is 12.2. The molecule has 0 aliphatic carbocycles. The van der Waals surface area contributed by atoms with Gasteiger partial charge in [0, 0.05) is 43.9 Å². The summed E-state index contributed by atoms with van der Waals surface area (Å²) in [6.07, 6.45) is 2.56. The third-order valence-electron chi connectivity index (χ3n) is 5.95. The Morgan fingerprint density at radius 2 is 1.41 bits per heavy atom. The van der Waals surface area contributed by atoms with Crippen LogP contribution in [0, 0.1) is 0 Å². The van der Waals surface area contributed by atoms with Crippen LogP contribution in [0.1, 0.15) is 38.7 Å². The van der Waals surface area contributed by atoms with E-state index in [2.05, 4.69) is 17.0 Å². The van der Waals surface area contributed by atoms with Gasteiger partial charge in [0.1, 0.15) is 5.54 Å². The van der Waals surface area contributed by atoms with Gasteiger partial charge in [-0.25, -0.2) is 14.4 Å². The first-order chi connectivity index (χ1) is 17.7. The summed E-state index contributed by atoms with van der Waals surface area (Å²) in [4.78, 5) is 49.3. The van der Waals surface area contributed by atoms with Gasteiger partial charge in [-0.05, 0) is 37.5 Å². The minimum absolute atomic E-state index is 0.0548. The molecule has 2 aromatic rings. The molecule has 1 aliphatic rings. The van der Waals surface area contributed by atoms with Crippen LogP contribution in [0.3, 0.4) is 0 Å². The van der Waals surface area contributed by atoms with Crippen molar-refractivity contribution in [1.29, 1.82) is 0 Å². The third kappa shape index (κ3) is 8.57. The van der Waals surface area contributed by atoms with E-state index in [9.17, 15) is 19.2 Å². The van der Waals surface area contributed by atoms with Gasteiger partial charge in [-0.1, -0.05) is 55.5 Å². The molecule has 3 rings (SSSR count). The lowest BCUT2D eigenvalue weighted by Crippen LogP contribution is -2.62. The normalized spacial score (nSPS) is 14.8. The molecule has 0 spiro atoms. The molecule has 198 valence electrons. The average Bonchev–Trinajstić information content (AvgIpc) is 2.90. The number of ether oxygens (including phenoxy) is 1. The fraction of sp³-hybridized carbons (Fsp3) is 0.357. The average molecular weight is 511 g/mol. The minimum atomic E-state index is -1.26. The highest BCUT2D eigenvalue weighted by Gasteiger charge is 2.50. The van der Waals surface area contributed by atoms with Gasteiger partial charge in [0.05, 0.1) is 6.61 Å². The number of hydrogen-bond donors (Lipinski definition) is 2. The lowest BCUT2D eigenvalue weighted by Gasteiger charge is -2.46. The van der Waals surface area contributed by atoms with Crippen LogP contribution in [0.5, 0.6) is 0 Å². The van der Waals surface area contributed by atoms with Gasteiger partial charge in [-0.3, -0.25) is 14.6 Å². The van der Waals surface area contributed by atoms with Crippen molar-refractivity contribution in [2.24, 2.45) is 0 Å². The van der Waals surface area contributed by atoms with Crippen LogP contribution in [0.2, 0.25) is 0 Å². The summed E-state index contributed by atoms with van der Waals surface area (Å²) in [6, 6.07) is 19.8. The molecule has 1 fully saturated rings. The molecule has 0 saturated carbocycles. The predicted molar refractivity (Wildman–Crippen MR) is 139 cm³/mol. The molecule has 1 saturated heterocycles. The van der Waals surface area contributed by atoms with E-state index in [4.69, 9.17) is 14.9 Å². The first kappa shape index (κ1) is 29.3. The molecule has 0 unspecified atom stereocenters. The fourth-order valence-corrected chi connectivity index (χ4v) is 4.21.